The Morgan fingerprint density at radius 3 is 2.21 bits per heavy atom. The highest BCUT2D eigenvalue weighted by atomic mass is 16.5. The smallest absolute Gasteiger partial charge is 0.337 e. The Balaban J connectivity index is 1.46. The van der Waals surface area contributed by atoms with Gasteiger partial charge in [0.05, 0.1) is 18.4 Å². The van der Waals surface area contributed by atoms with E-state index in [1.165, 1.54) is 37.5 Å². The van der Waals surface area contributed by atoms with Crippen molar-refractivity contribution >= 4 is 5.97 Å². The molecular formula is C29H31NO3. The molecule has 0 N–H and O–H groups in total. The molecule has 2 fully saturated rings. The molecule has 3 atom stereocenters. The molecule has 0 spiro atoms. The van der Waals surface area contributed by atoms with Gasteiger partial charge in [0.1, 0.15) is 11.4 Å². The molecule has 5 rings (SSSR count). The van der Waals surface area contributed by atoms with Gasteiger partial charge in [0, 0.05) is 11.6 Å². The first kappa shape index (κ1) is 21.7. The van der Waals surface area contributed by atoms with Crippen molar-refractivity contribution < 1.29 is 14.3 Å². The Morgan fingerprint density at radius 2 is 1.67 bits per heavy atom. The van der Waals surface area contributed by atoms with Crippen LogP contribution in [0.3, 0.4) is 0 Å². The van der Waals surface area contributed by atoms with Gasteiger partial charge < -0.3 is 9.47 Å². The van der Waals surface area contributed by atoms with E-state index in [2.05, 4.69) is 41.4 Å². The lowest BCUT2D eigenvalue weighted by atomic mass is 9.64. The van der Waals surface area contributed by atoms with Crippen molar-refractivity contribution in [3.05, 3.63) is 95.3 Å². The van der Waals surface area contributed by atoms with Crippen molar-refractivity contribution in [2.45, 2.75) is 50.5 Å². The first-order valence-corrected chi connectivity index (χ1v) is 11.8. The number of methoxy groups -OCH3 is 1. The lowest BCUT2D eigenvalue weighted by molar-refractivity contribution is 0.0600. The van der Waals surface area contributed by atoms with Crippen molar-refractivity contribution in [1.29, 1.82) is 0 Å². The van der Waals surface area contributed by atoms with E-state index < -0.39 is 5.60 Å². The van der Waals surface area contributed by atoms with Crippen LogP contribution in [-0.4, -0.2) is 18.1 Å². The predicted octanol–water partition coefficient (Wildman–Crippen LogP) is 6.29. The maximum Gasteiger partial charge on any atom is 0.337 e. The molecular weight excluding hydrogens is 410 g/mol. The fourth-order valence-corrected chi connectivity index (χ4v) is 6.11. The van der Waals surface area contributed by atoms with Crippen LogP contribution in [0.2, 0.25) is 0 Å². The normalized spacial score (nSPS) is 24.0. The number of ether oxygens (including phenoxy) is 2. The van der Waals surface area contributed by atoms with Crippen molar-refractivity contribution in [1.82, 2.24) is 4.98 Å². The Hall–Kier alpha value is -3.14. The molecule has 0 saturated heterocycles. The highest BCUT2D eigenvalue weighted by Crippen LogP contribution is 2.60. The van der Waals surface area contributed by atoms with Crippen LogP contribution in [0.15, 0.2) is 72.9 Å². The number of aromatic nitrogens is 1. The molecule has 33 heavy (non-hydrogen) atoms. The summed E-state index contributed by atoms with van der Waals surface area (Å²) in [4.78, 5) is 16.4. The second-order valence-electron chi connectivity index (χ2n) is 9.97. The summed E-state index contributed by atoms with van der Waals surface area (Å²) in [5.74, 6) is 1.95. The van der Waals surface area contributed by atoms with Crippen LogP contribution in [0.5, 0.6) is 5.75 Å². The van der Waals surface area contributed by atoms with Gasteiger partial charge in [-0.05, 0) is 92.5 Å². The minimum atomic E-state index is -0.517. The van der Waals surface area contributed by atoms with Crippen LogP contribution in [0.25, 0.3) is 0 Å². The van der Waals surface area contributed by atoms with Crippen molar-refractivity contribution in [3.8, 4) is 5.75 Å². The maximum atomic E-state index is 11.9. The second-order valence-corrected chi connectivity index (χ2v) is 9.97. The number of carbonyl (C=O) groups is 1. The zero-order chi connectivity index (χ0) is 23.1. The number of hydrogen-bond donors (Lipinski definition) is 0. The molecule has 2 aliphatic rings. The zero-order valence-corrected chi connectivity index (χ0v) is 19.6. The Labute approximate surface area is 196 Å². The summed E-state index contributed by atoms with van der Waals surface area (Å²) < 4.78 is 11.2. The zero-order valence-electron chi connectivity index (χ0n) is 19.6. The third kappa shape index (κ3) is 3.82. The van der Waals surface area contributed by atoms with Crippen molar-refractivity contribution in [2.24, 2.45) is 11.8 Å². The molecule has 4 heteroatoms. The van der Waals surface area contributed by atoms with Crippen LogP contribution in [0.4, 0.5) is 0 Å². The van der Waals surface area contributed by atoms with Gasteiger partial charge in [0.15, 0.2) is 0 Å². The van der Waals surface area contributed by atoms with Crippen LogP contribution in [0.1, 0.15) is 66.7 Å². The topological polar surface area (TPSA) is 48.4 Å². The highest BCUT2D eigenvalue weighted by Gasteiger charge is 2.52. The molecule has 4 nitrogen and oxygen atoms in total. The number of esters is 1. The van der Waals surface area contributed by atoms with Crippen LogP contribution in [0, 0.1) is 11.8 Å². The van der Waals surface area contributed by atoms with Gasteiger partial charge in [-0.15, -0.1) is 0 Å². The van der Waals surface area contributed by atoms with Crippen LogP contribution < -0.4 is 4.74 Å². The minimum absolute atomic E-state index is 0.00734. The van der Waals surface area contributed by atoms with Gasteiger partial charge in [-0.1, -0.05) is 36.8 Å². The molecule has 3 aromatic rings. The SMILES string of the molecule is COC(=O)c1ccc(C2(c3ccc(OC(C)(C)c4ccccn4)cc3)CC3CCC2C3)cc1. The molecule has 0 aliphatic heterocycles. The van der Waals surface area contributed by atoms with Gasteiger partial charge in [-0.3, -0.25) is 4.98 Å². The largest absolute Gasteiger partial charge is 0.482 e. The van der Waals surface area contributed by atoms with Crippen molar-refractivity contribution in [2.75, 3.05) is 7.11 Å². The van der Waals surface area contributed by atoms with Crippen LogP contribution >= 0.6 is 0 Å². The van der Waals surface area contributed by atoms with E-state index in [4.69, 9.17) is 9.47 Å². The molecule has 2 saturated carbocycles. The minimum Gasteiger partial charge on any atom is -0.482 e. The molecule has 3 unspecified atom stereocenters. The molecule has 2 aliphatic carbocycles. The second kappa shape index (κ2) is 8.33. The first-order valence-electron chi connectivity index (χ1n) is 11.8. The Morgan fingerprint density at radius 1 is 0.970 bits per heavy atom. The molecule has 0 amide bonds. The number of nitrogens with zero attached hydrogens (tertiary/aromatic N) is 1. The predicted molar refractivity (Wildman–Crippen MR) is 128 cm³/mol. The molecule has 0 radical (unpaired) electrons. The third-order valence-corrected chi connectivity index (χ3v) is 7.69. The fourth-order valence-electron chi connectivity index (χ4n) is 6.11. The molecule has 1 heterocycles. The summed E-state index contributed by atoms with van der Waals surface area (Å²) in [6.07, 6.45) is 6.83. The summed E-state index contributed by atoms with van der Waals surface area (Å²) in [6.45, 7) is 4.09. The average molecular weight is 442 g/mol. The molecule has 2 bridgehead atoms. The van der Waals surface area contributed by atoms with E-state index in [0.29, 0.717) is 11.5 Å². The summed E-state index contributed by atoms with van der Waals surface area (Å²) in [7, 11) is 1.42. The van der Waals surface area contributed by atoms with Crippen LogP contribution in [-0.2, 0) is 15.8 Å². The highest BCUT2D eigenvalue weighted by molar-refractivity contribution is 5.89. The first-order chi connectivity index (χ1) is 15.9. The van der Waals surface area contributed by atoms with Gasteiger partial charge in [0.2, 0.25) is 0 Å². The number of benzene rings is 2. The monoisotopic (exact) mass is 441 g/mol. The molecule has 1 aromatic heterocycles. The number of rotatable bonds is 6. The third-order valence-electron chi connectivity index (χ3n) is 7.69. The number of hydrogen-bond acceptors (Lipinski definition) is 4. The van der Waals surface area contributed by atoms with E-state index in [-0.39, 0.29) is 11.4 Å². The van der Waals surface area contributed by atoms with Crippen molar-refractivity contribution in [3.63, 3.8) is 0 Å². The quantitative estimate of drug-likeness (QED) is 0.422. The molecule has 170 valence electrons. The Bertz CT molecular complexity index is 1120. The summed E-state index contributed by atoms with van der Waals surface area (Å²) in [6, 6.07) is 22.6. The van der Waals surface area contributed by atoms with Gasteiger partial charge in [0.25, 0.3) is 0 Å². The van der Waals surface area contributed by atoms with Gasteiger partial charge >= 0.3 is 5.97 Å². The fraction of sp³-hybridized carbons (Fsp3) is 0.379. The van der Waals surface area contributed by atoms with Gasteiger partial charge in [-0.2, -0.15) is 0 Å². The number of carbonyl (C=O) groups excluding carboxylic acids is 1. The van der Waals surface area contributed by atoms with E-state index in [9.17, 15) is 4.79 Å². The maximum absolute atomic E-state index is 11.9. The Kier molecular flexibility index (Phi) is 5.48. The summed E-state index contributed by atoms with van der Waals surface area (Å²) in [5.41, 5.74) is 3.61. The molecule has 2 aromatic carbocycles. The standard InChI is InChI=1S/C29H31NO3/c1-28(2,26-6-4-5-17-30-26)33-25-15-13-23(14-16-25)29(19-20-7-10-24(29)18-20)22-11-8-21(9-12-22)27(31)32-3/h4-6,8-9,11-17,20,24H,7,10,18-19H2,1-3H3. The van der Waals surface area contributed by atoms with Gasteiger partial charge in [-0.25, -0.2) is 4.79 Å². The average Bonchev–Trinajstić information content (AvgIpc) is 3.47. The van der Waals surface area contributed by atoms with E-state index in [0.717, 1.165) is 23.8 Å². The lowest BCUT2D eigenvalue weighted by Crippen LogP contribution is -2.34. The summed E-state index contributed by atoms with van der Waals surface area (Å²) in [5, 5.41) is 0. The van der Waals surface area contributed by atoms with E-state index in [1.807, 2.05) is 44.2 Å². The summed E-state index contributed by atoms with van der Waals surface area (Å²) >= 11 is 0. The van der Waals surface area contributed by atoms with E-state index >= 15 is 0 Å². The van der Waals surface area contributed by atoms with E-state index in [1.54, 1.807) is 6.20 Å². The number of fused-ring (bicyclic) bond motifs is 2. The lowest BCUT2D eigenvalue weighted by Gasteiger charge is -2.39. The number of pyridine rings is 1.